The molecule has 0 radical (unpaired) electrons. The van der Waals surface area contributed by atoms with Gasteiger partial charge in [0.1, 0.15) is 11.3 Å². The van der Waals surface area contributed by atoms with Gasteiger partial charge in [-0.3, -0.25) is 4.79 Å². The molecule has 0 unspecified atom stereocenters. The molecule has 21 heavy (non-hydrogen) atoms. The van der Waals surface area contributed by atoms with Crippen LogP contribution in [0, 0.1) is 3.57 Å². The van der Waals surface area contributed by atoms with Gasteiger partial charge in [0.15, 0.2) is 0 Å². The van der Waals surface area contributed by atoms with Crippen LogP contribution in [0.15, 0.2) is 36.4 Å². The second kappa shape index (κ2) is 6.31. The maximum Gasteiger partial charge on any atom is 0.339 e. The van der Waals surface area contributed by atoms with Crippen LogP contribution in [0.3, 0.4) is 0 Å². The van der Waals surface area contributed by atoms with E-state index in [1.807, 2.05) is 0 Å². The van der Waals surface area contributed by atoms with Gasteiger partial charge in [0.25, 0.3) is 5.91 Å². The summed E-state index contributed by atoms with van der Waals surface area (Å²) in [6.45, 7) is 0. The minimum Gasteiger partial charge on any atom is -0.507 e. The zero-order valence-corrected chi connectivity index (χ0v) is 13.3. The van der Waals surface area contributed by atoms with Gasteiger partial charge in [-0.2, -0.15) is 0 Å². The molecule has 0 aromatic heterocycles. The fourth-order valence-corrected chi connectivity index (χ4v) is 2.35. The van der Waals surface area contributed by atoms with Crippen molar-refractivity contribution in [2.45, 2.75) is 0 Å². The predicted octanol–water partition coefficient (Wildman–Crippen LogP) is 3.60. The molecular formula is C14H9ClINO4. The van der Waals surface area contributed by atoms with Crippen molar-refractivity contribution in [2.24, 2.45) is 0 Å². The highest BCUT2D eigenvalue weighted by Crippen LogP contribution is 2.24. The molecule has 2 aromatic rings. The average molecular weight is 418 g/mol. The minimum atomic E-state index is -1.24. The quantitative estimate of drug-likeness (QED) is 0.666. The summed E-state index contributed by atoms with van der Waals surface area (Å²) in [4.78, 5) is 22.9. The van der Waals surface area contributed by atoms with Crippen LogP contribution in [0.1, 0.15) is 20.7 Å². The first-order valence-electron chi connectivity index (χ1n) is 5.71. The van der Waals surface area contributed by atoms with Crippen LogP contribution in [-0.2, 0) is 0 Å². The predicted molar refractivity (Wildman–Crippen MR) is 87.2 cm³/mol. The van der Waals surface area contributed by atoms with Gasteiger partial charge in [0, 0.05) is 15.3 Å². The Morgan fingerprint density at radius 1 is 1.10 bits per heavy atom. The van der Waals surface area contributed by atoms with Gasteiger partial charge in [0.05, 0.1) is 10.6 Å². The number of hydrogen-bond acceptors (Lipinski definition) is 3. The molecule has 0 aliphatic heterocycles. The van der Waals surface area contributed by atoms with Crippen LogP contribution in [0.25, 0.3) is 0 Å². The molecule has 108 valence electrons. The summed E-state index contributed by atoms with van der Waals surface area (Å²) in [5.74, 6) is -2.11. The molecule has 5 nitrogen and oxygen atoms in total. The topological polar surface area (TPSA) is 86.6 Å². The van der Waals surface area contributed by atoms with Gasteiger partial charge in [-0.25, -0.2) is 4.79 Å². The molecule has 2 rings (SSSR count). The Balaban J connectivity index is 2.26. The summed E-state index contributed by atoms with van der Waals surface area (Å²) in [6, 6.07) is 8.79. The molecule has 7 heteroatoms. The maximum atomic E-state index is 12.1. The van der Waals surface area contributed by atoms with E-state index in [9.17, 15) is 14.7 Å². The van der Waals surface area contributed by atoms with Gasteiger partial charge in [-0.1, -0.05) is 11.6 Å². The number of rotatable bonds is 3. The lowest BCUT2D eigenvalue weighted by molar-refractivity contribution is 0.0693. The Kier molecular flexibility index (Phi) is 4.69. The van der Waals surface area contributed by atoms with E-state index in [2.05, 4.69) is 27.9 Å². The van der Waals surface area contributed by atoms with E-state index in [0.29, 0.717) is 10.6 Å². The summed E-state index contributed by atoms with van der Waals surface area (Å²) < 4.78 is 0.853. The number of phenols is 1. The van der Waals surface area contributed by atoms with E-state index in [1.165, 1.54) is 18.2 Å². The van der Waals surface area contributed by atoms with Crippen molar-refractivity contribution in [1.82, 2.24) is 0 Å². The van der Waals surface area contributed by atoms with Crippen molar-refractivity contribution in [1.29, 1.82) is 0 Å². The molecule has 0 saturated heterocycles. The molecule has 0 spiro atoms. The van der Waals surface area contributed by atoms with E-state index in [-0.39, 0.29) is 11.3 Å². The number of carbonyl (C=O) groups is 2. The number of aromatic carboxylic acids is 1. The van der Waals surface area contributed by atoms with Gasteiger partial charge in [-0.05, 0) is 52.9 Å². The largest absolute Gasteiger partial charge is 0.507 e. The van der Waals surface area contributed by atoms with E-state index < -0.39 is 17.6 Å². The summed E-state index contributed by atoms with van der Waals surface area (Å²) in [5, 5.41) is 21.3. The van der Waals surface area contributed by atoms with Crippen LogP contribution in [0.2, 0.25) is 5.02 Å². The molecule has 0 atom stereocenters. The number of hydrogen-bond donors (Lipinski definition) is 3. The summed E-state index contributed by atoms with van der Waals surface area (Å²) in [6.07, 6.45) is 0. The molecule has 0 saturated carbocycles. The highest BCUT2D eigenvalue weighted by Gasteiger charge is 2.14. The average Bonchev–Trinajstić information content (AvgIpc) is 2.41. The molecule has 0 heterocycles. The van der Waals surface area contributed by atoms with Crippen LogP contribution < -0.4 is 5.32 Å². The van der Waals surface area contributed by atoms with Crippen LogP contribution in [0.5, 0.6) is 5.75 Å². The van der Waals surface area contributed by atoms with Crippen molar-refractivity contribution < 1.29 is 19.8 Å². The van der Waals surface area contributed by atoms with Crippen LogP contribution in [-0.4, -0.2) is 22.1 Å². The Hall–Kier alpha value is -1.80. The lowest BCUT2D eigenvalue weighted by atomic mass is 10.1. The normalized spacial score (nSPS) is 10.2. The number of aromatic hydroxyl groups is 1. The van der Waals surface area contributed by atoms with Crippen molar-refractivity contribution >= 4 is 51.8 Å². The Labute approximate surface area is 138 Å². The van der Waals surface area contributed by atoms with Crippen LogP contribution >= 0.6 is 34.2 Å². The Bertz CT molecular complexity index is 733. The van der Waals surface area contributed by atoms with Crippen molar-refractivity contribution in [3.8, 4) is 5.75 Å². The highest BCUT2D eigenvalue weighted by atomic mass is 127. The van der Waals surface area contributed by atoms with E-state index in [0.717, 1.165) is 3.57 Å². The zero-order chi connectivity index (χ0) is 15.6. The number of halogens is 2. The summed E-state index contributed by atoms with van der Waals surface area (Å²) in [7, 11) is 0. The minimum absolute atomic E-state index is 0.236. The van der Waals surface area contributed by atoms with E-state index >= 15 is 0 Å². The zero-order valence-electron chi connectivity index (χ0n) is 10.4. The first-order chi connectivity index (χ1) is 9.88. The third-order valence-electron chi connectivity index (χ3n) is 2.66. The number of benzene rings is 2. The number of carbonyl (C=O) groups excluding carboxylic acids is 1. The SMILES string of the molecule is O=C(O)c1ccc(NC(=O)c2cc(I)ccc2Cl)cc1O. The second-order valence-electron chi connectivity index (χ2n) is 4.12. The number of carboxylic acid groups (broad SMARTS) is 1. The molecular weight excluding hydrogens is 409 g/mol. The molecule has 0 fully saturated rings. The van der Waals surface area contributed by atoms with E-state index in [1.54, 1.807) is 18.2 Å². The molecule has 1 amide bonds. The summed E-state index contributed by atoms with van der Waals surface area (Å²) >= 11 is 8.02. The first kappa shape index (κ1) is 15.6. The first-order valence-corrected chi connectivity index (χ1v) is 7.17. The molecule has 3 N–H and O–H groups in total. The highest BCUT2D eigenvalue weighted by molar-refractivity contribution is 14.1. The van der Waals surface area contributed by atoms with Crippen molar-refractivity contribution in [3.63, 3.8) is 0 Å². The Morgan fingerprint density at radius 2 is 1.81 bits per heavy atom. The third-order valence-corrected chi connectivity index (χ3v) is 3.66. The lowest BCUT2D eigenvalue weighted by Gasteiger charge is -2.08. The van der Waals surface area contributed by atoms with Crippen molar-refractivity contribution in [3.05, 3.63) is 56.1 Å². The van der Waals surface area contributed by atoms with Crippen LogP contribution in [0.4, 0.5) is 5.69 Å². The Morgan fingerprint density at radius 3 is 2.43 bits per heavy atom. The fourth-order valence-electron chi connectivity index (χ4n) is 1.66. The smallest absolute Gasteiger partial charge is 0.339 e. The van der Waals surface area contributed by atoms with Crippen molar-refractivity contribution in [2.75, 3.05) is 5.32 Å². The van der Waals surface area contributed by atoms with E-state index in [4.69, 9.17) is 16.7 Å². The van der Waals surface area contributed by atoms with Gasteiger partial charge in [-0.15, -0.1) is 0 Å². The number of anilines is 1. The lowest BCUT2D eigenvalue weighted by Crippen LogP contribution is -2.13. The molecule has 2 aromatic carbocycles. The standard InChI is InChI=1S/C14H9ClINO4/c15-11-4-1-7(16)5-10(11)13(19)17-8-2-3-9(14(20)21)12(18)6-8/h1-6,18H,(H,17,19)(H,20,21). The van der Waals surface area contributed by atoms with Gasteiger partial charge < -0.3 is 15.5 Å². The molecule has 0 aliphatic rings. The van der Waals surface area contributed by atoms with Gasteiger partial charge in [0.2, 0.25) is 0 Å². The second-order valence-corrected chi connectivity index (χ2v) is 5.77. The third kappa shape index (κ3) is 3.64. The molecule has 0 bridgehead atoms. The number of nitrogens with one attached hydrogen (secondary N) is 1. The number of amides is 1. The van der Waals surface area contributed by atoms with Gasteiger partial charge >= 0.3 is 5.97 Å². The fraction of sp³-hybridized carbons (Fsp3) is 0. The summed E-state index contributed by atoms with van der Waals surface area (Å²) in [5.41, 5.74) is 0.336. The maximum absolute atomic E-state index is 12.1. The monoisotopic (exact) mass is 417 g/mol. The molecule has 0 aliphatic carbocycles. The number of carboxylic acids is 1.